The molecule has 9 heteroatoms. The Morgan fingerprint density at radius 3 is 2.48 bits per heavy atom. The summed E-state index contributed by atoms with van der Waals surface area (Å²) in [6, 6.07) is 4.02. The van der Waals surface area contributed by atoms with Crippen molar-refractivity contribution in [3.63, 3.8) is 0 Å². The van der Waals surface area contributed by atoms with Gasteiger partial charge in [0.25, 0.3) is 0 Å². The van der Waals surface area contributed by atoms with E-state index in [4.69, 9.17) is 14.6 Å². The number of ether oxygens (including phenoxy) is 2. The van der Waals surface area contributed by atoms with E-state index in [0.29, 0.717) is 0 Å². The summed E-state index contributed by atoms with van der Waals surface area (Å²) < 4.78 is 10.4. The molecule has 1 aromatic carbocycles. The van der Waals surface area contributed by atoms with E-state index < -0.39 is 60.4 Å². The Bertz CT molecular complexity index is 739. The summed E-state index contributed by atoms with van der Waals surface area (Å²) >= 11 is 0. The van der Waals surface area contributed by atoms with Crippen LogP contribution in [0.15, 0.2) is 30.0 Å². The highest BCUT2D eigenvalue weighted by molar-refractivity contribution is 6.24. The van der Waals surface area contributed by atoms with Crippen molar-refractivity contribution in [3.8, 4) is 5.75 Å². The van der Waals surface area contributed by atoms with Gasteiger partial charge in [-0.1, -0.05) is 12.1 Å². The fourth-order valence-electron chi connectivity index (χ4n) is 2.75. The van der Waals surface area contributed by atoms with Crippen LogP contribution in [-0.2, 0) is 9.47 Å². The number of benzene rings is 1. The Labute approximate surface area is 141 Å². The average Bonchev–Trinajstić information content (AvgIpc) is 2.59. The van der Waals surface area contributed by atoms with Crippen molar-refractivity contribution in [2.75, 3.05) is 6.61 Å². The Hall–Kier alpha value is -2.30. The third-order valence-electron chi connectivity index (χ3n) is 4.11. The largest absolute Gasteiger partial charge is 0.507 e. The predicted molar refractivity (Wildman–Crippen MR) is 79.7 cm³/mol. The van der Waals surface area contributed by atoms with E-state index in [9.17, 15) is 30.0 Å². The molecular formula is C16H16O9. The SMILES string of the molecule is O=C1C=C(O[C@H]2O[C@H](CO)[C@@H](O)[C@H](O)[C@H]2O)C(=O)c2c(O)cccc21. The maximum Gasteiger partial charge on any atom is 0.232 e. The molecule has 2 aliphatic rings. The van der Waals surface area contributed by atoms with E-state index in [1.54, 1.807) is 0 Å². The van der Waals surface area contributed by atoms with E-state index in [1.165, 1.54) is 18.2 Å². The number of carbonyl (C=O) groups is 2. The maximum atomic E-state index is 12.5. The number of hydrogen-bond acceptors (Lipinski definition) is 9. The summed E-state index contributed by atoms with van der Waals surface area (Å²) in [6.07, 6.45) is -6.95. The third kappa shape index (κ3) is 2.92. The smallest absolute Gasteiger partial charge is 0.232 e. The molecule has 3 rings (SSSR count). The molecule has 0 bridgehead atoms. The van der Waals surface area contributed by atoms with Crippen molar-refractivity contribution in [2.45, 2.75) is 30.7 Å². The summed E-state index contributed by atoms with van der Waals surface area (Å²) in [4.78, 5) is 24.6. The number of aliphatic hydroxyl groups is 4. The van der Waals surface area contributed by atoms with Gasteiger partial charge in [-0.3, -0.25) is 9.59 Å². The zero-order valence-corrected chi connectivity index (χ0v) is 12.8. The number of Topliss-reactive ketones (excluding diaryl/α,β-unsaturated/α-hetero) is 1. The second kappa shape index (κ2) is 6.54. The number of aliphatic hydroxyl groups excluding tert-OH is 4. The molecule has 0 unspecified atom stereocenters. The Kier molecular flexibility index (Phi) is 4.58. The summed E-state index contributed by atoms with van der Waals surface area (Å²) in [7, 11) is 0. The Balaban J connectivity index is 1.87. The molecule has 1 fully saturated rings. The zero-order valence-electron chi connectivity index (χ0n) is 12.8. The highest BCUT2D eigenvalue weighted by atomic mass is 16.7. The predicted octanol–water partition coefficient (Wildman–Crippen LogP) is -1.53. The molecule has 5 atom stereocenters. The van der Waals surface area contributed by atoms with Gasteiger partial charge in [0.2, 0.25) is 12.1 Å². The number of aromatic hydroxyl groups is 1. The first-order valence-corrected chi connectivity index (χ1v) is 7.45. The molecule has 0 radical (unpaired) electrons. The molecule has 1 aliphatic carbocycles. The molecule has 0 amide bonds. The number of rotatable bonds is 3. The molecule has 1 aromatic rings. The zero-order chi connectivity index (χ0) is 18.3. The molecule has 1 heterocycles. The highest BCUT2D eigenvalue weighted by Crippen LogP contribution is 2.31. The van der Waals surface area contributed by atoms with E-state index in [0.717, 1.165) is 6.08 Å². The molecule has 25 heavy (non-hydrogen) atoms. The molecular weight excluding hydrogens is 336 g/mol. The number of carbonyl (C=O) groups excluding carboxylic acids is 2. The molecule has 0 spiro atoms. The Morgan fingerprint density at radius 2 is 1.80 bits per heavy atom. The lowest BCUT2D eigenvalue weighted by molar-refractivity contribution is -0.290. The van der Waals surface area contributed by atoms with Crippen LogP contribution in [0.25, 0.3) is 0 Å². The molecule has 5 N–H and O–H groups in total. The van der Waals surface area contributed by atoms with E-state index in [-0.39, 0.29) is 11.1 Å². The van der Waals surface area contributed by atoms with Crippen LogP contribution >= 0.6 is 0 Å². The number of allylic oxidation sites excluding steroid dienone is 2. The van der Waals surface area contributed by atoms with Crippen LogP contribution in [0.3, 0.4) is 0 Å². The molecule has 9 nitrogen and oxygen atoms in total. The summed E-state index contributed by atoms with van der Waals surface area (Å²) in [5.74, 6) is -2.29. The van der Waals surface area contributed by atoms with Crippen LogP contribution in [0, 0.1) is 0 Å². The third-order valence-corrected chi connectivity index (χ3v) is 4.11. The van der Waals surface area contributed by atoms with Gasteiger partial charge in [-0.15, -0.1) is 0 Å². The van der Waals surface area contributed by atoms with Crippen molar-refractivity contribution in [3.05, 3.63) is 41.2 Å². The van der Waals surface area contributed by atoms with Gasteiger partial charge in [-0.2, -0.15) is 0 Å². The van der Waals surface area contributed by atoms with Gasteiger partial charge in [0, 0.05) is 11.6 Å². The fraction of sp³-hybridized carbons (Fsp3) is 0.375. The van der Waals surface area contributed by atoms with Crippen LogP contribution in [0.1, 0.15) is 20.7 Å². The summed E-state index contributed by atoms with van der Waals surface area (Å²) in [5, 5.41) is 48.4. The average molecular weight is 352 g/mol. The van der Waals surface area contributed by atoms with Crippen LogP contribution in [0.4, 0.5) is 0 Å². The molecule has 0 aromatic heterocycles. The number of hydrogen-bond donors (Lipinski definition) is 5. The minimum absolute atomic E-state index is 0.00570. The quantitative estimate of drug-likeness (QED) is 0.436. The van der Waals surface area contributed by atoms with Crippen LogP contribution in [0.5, 0.6) is 5.75 Å². The summed E-state index contributed by atoms with van der Waals surface area (Å²) in [6.45, 7) is -0.666. The molecule has 1 saturated heterocycles. The monoisotopic (exact) mass is 352 g/mol. The van der Waals surface area contributed by atoms with Gasteiger partial charge in [0.1, 0.15) is 30.2 Å². The van der Waals surface area contributed by atoms with Crippen LogP contribution < -0.4 is 0 Å². The second-order valence-electron chi connectivity index (χ2n) is 5.72. The lowest BCUT2D eigenvalue weighted by Gasteiger charge is -2.39. The number of phenolic OH excluding ortho intramolecular Hbond substituents is 1. The minimum atomic E-state index is -1.73. The molecule has 1 aliphatic heterocycles. The molecule has 0 saturated carbocycles. The van der Waals surface area contributed by atoms with E-state index >= 15 is 0 Å². The first-order valence-electron chi connectivity index (χ1n) is 7.45. The number of ketones is 2. The van der Waals surface area contributed by atoms with Crippen molar-refractivity contribution in [1.29, 1.82) is 0 Å². The summed E-state index contributed by atoms with van der Waals surface area (Å²) in [5.41, 5.74) is -0.235. The lowest BCUT2D eigenvalue weighted by Crippen LogP contribution is -2.59. The van der Waals surface area contributed by atoms with Crippen LogP contribution in [-0.4, -0.2) is 74.4 Å². The first-order chi connectivity index (χ1) is 11.8. The molecule has 134 valence electrons. The van der Waals surface area contributed by atoms with Gasteiger partial charge in [-0.05, 0) is 6.07 Å². The van der Waals surface area contributed by atoms with Gasteiger partial charge in [-0.25, -0.2) is 0 Å². The standard InChI is InChI=1S/C16H16O9/c17-5-10-13(21)14(22)15(23)16(25-10)24-9-4-8(19)6-2-1-3-7(18)11(6)12(9)20/h1-4,10,13-18,21-23H,5H2/t10-,13-,14+,15-,16+/m1/s1. The van der Waals surface area contributed by atoms with E-state index in [1.807, 2.05) is 0 Å². The van der Waals surface area contributed by atoms with Crippen molar-refractivity contribution in [1.82, 2.24) is 0 Å². The normalized spacial score (nSPS) is 32.2. The second-order valence-corrected chi connectivity index (χ2v) is 5.72. The minimum Gasteiger partial charge on any atom is -0.507 e. The van der Waals surface area contributed by atoms with E-state index in [2.05, 4.69) is 0 Å². The Morgan fingerprint density at radius 1 is 1.08 bits per heavy atom. The fourth-order valence-corrected chi connectivity index (χ4v) is 2.75. The van der Waals surface area contributed by atoms with Gasteiger partial charge >= 0.3 is 0 Å². The number of fused-ring (bicyclic) bond motifs is 1. The van der Waals surface area contributed by atoms with Crippen LogP contribution in [0.2, 0.25) is 0 Å². The topological polar surface area (TPSA) is 154 Å². The maximum absolute atomic E-state index is 12.5. The van der Waals surface area contributed by atoms with Gasteiger partial charge in [0.05, 0.1) is 12.2 Å². The van der Waals surface area contributed by atoms with Crippen molar-refractivity contribution < 1.29 is 44.6 Å². The van der Waals surface area contributed by atoms with Crippen molar-refractivity contribution >= 4 is 11.6 Å². The van der Waals surface area contributed by atoms with Gasteiger partial charge in [0.15, 0.2) is 11.5 Å². The highest BCUT2D eigenvalue weighted by Gasteiger charge is 2.45. The van der Waals surface area contributed by atoms with Crippen molar-refractivity contribution in [2.24, 2.45) is 0 Å². The van der Waals surface area contributed by atoms with Gasteiger partial charge < -0.3 is 35.0 Å². The first kappa shape index (κ1) is 17.5. The number of phenols is 1. The lowest BCUT2D eigenvalue weighted by atomic mass is 9.92.